The summed E-state index contributed by atoms with van der Waals surface area (Å²) in [6.07, 6.45) is 1.47. The second-order valence-electron chi connectivity index (χ2n) is 7.79. The predicted molar refractivity (Wildman–Crippen MR) is 126 cm³/mol. The number of furan rings is 1. The molecule has 2 aromatic carbocycles. The normalized spacial score (nSPS) is 17.8. The van der Waals surface area contributed by atoms with E-state index in [1.165, 1.54) is 22.5 Å². The van der Waals surface area contributed by atoms with Gasteiger partial charge in [-0.15, -0.1) is 0 Å². The number of aromatic nitrogens is 1. The van der Waals surface area contributed by atoms with Gasteiger partial charge in [0.1, 0.15) is 23.3 Å². The molecule has 0 spiro atoms. The van der Waals surface area contributed by atoms with Crippen LogP contribution >= 0.6 is 11.3 Å². The predicted octanol–water partition coefficient (Wildman–Crippen LogP) is 5.14. The first kappa shape index (κ1) is 21.0. The van der Waals surface area contributed by atoms with Crippen molar-refractivity contribution >= 4 is 44.1 Å². The monoisotopic (exact) mass is 460 g/mol. The Balaban J connectivity index is 1.72. The van der Waals surface area contributed by atoms with Gasteiger partial charge in [0.15, 0.2) is 5.13 Å². The average molecular weight is 461 g/mol. The molecule has 8 heteroatoms. The number of ketones is 1. The van der Waals surface area contributed by atoms with Crippen LogP contribution in [0, 0.1) is 13.8 Å². The minimum absolute atomic E-state index is 0.0399. The number of thiazole rings is 1. The van der Waals surface area contributed by atoms with Crippen LogP contribution in [0.3, 0.4) is 0 Å². The van der Waals surface area contributed by atoms with Crippen molar-refractivity contribution in [1.82, 2.24) is 4.98 Å². The summed E-state index contributed by atoms with van der Waals surface area (Å²) < 4.78 is 11.9. The number of para-hydroxylation sites is 1. The number of nitrogens with zero attached hydrogens (tertiary/aromatic N) is 2. The van der Waals surface area contributed by atoms with Crippen LogP contribution in [-0.2, 0) is 9.59 Å². The number of aryl methyl sites for hydroxylation is 2. The number of Topliss-reactive ketones (excluding diaryl/α,β-unsaturated/α-hetero) is 1. The molecule has 1 N–H and O–H groups in total. The van der Waals surface area contributed by atoms with Crippen molar-refractivity contribution in [2.45, 2.75) is 19.9 Å². The van der Waals surface area contributed by atoms with E-state index in [4.69, 9.17) is 9.15 Å². The summed E-state index contributed by atoms with van der Waals surface area (Å²) in [5.41, 5.74) is 2.63. The number of aliphatic hydroxyl groups is 1. The summed E-state index contributed by atoms with van der Waals surface area (Å²) in [4.78, 5) is 32.3. The maximum Gasteiger partial charge on any atom is 0.302 e. The number of amides is 1. The molecule has 1 unspecified atom stereocenters. The third-order valence-corrected chi connectivity index (χ3v) is 6.78. The standard InChI is InChI=1S/C25H20N2O5S/c1-13-12-18(31-3)14(2)11-15(13)22(28)20-21(17-8-6-10-32-17)27(24(30)23(20)29)25-26-16-7-4-5-9-19(16)33-25/h4-12,21,28H,1-3H3/b22-20+. The van der Waals surface area contributed by atoms with Crippen molar-refractivity contribution in [3.05, 3.63) is 82.8 Å². The van der Waals surface area contributed by atoms with Gasteiger partial charge in [0.25, 0.3) is 5.78 Å². The number of hydrogen-bond acceptors (Lipinski definition) is 7. The molecule has 7 nitrogen and oxygen atoms in total. The van der Waals surface area contributed by atoms with Crippen LogP contribution in [0.1, 0.15) is 28.5 Å². The Morgan fingerprint density at radius 2 is 1.91 bits per heavy atom. The van der Waals surface area contributed by atoms with Crippen molar-refractivity contribution in [3.8, 4) is 5.75 Å². The molecule has 5 rings (SSSR count). The van der Waals surface area contributed by atoms with Gasteiger partial charge in [0, 0.05) is 5.56 Å². The summed E-state index contributed by atoms with van der Waals surface area (Å²) in [6, 6.07) is 13.4. The Morgan fingerprint density at radius 3 is 2.61 bits per heavy atom. The first-order valence-electron chi connectivity index (χ1n) is 10.3. The molecule has 0 radical (unpaired) electrons. The number of benzene rings is 2. The van der Waals surface area contributed by atoms with Crippen LogP contribution < -0.4 is 9.64 Å². The molecule has 0 bridgehead atoms. The molecule has 1 saturated heterocycles. The molecule has 1 atom stereocenters. The number of fused-ring (bicyclic) bond motifs is 1. The largest absolute Gasteiger partial charge is 0.507 e. The van der Waals surface area contributed by atoms with E-state index in [9.17, 15) is 14.7 Å². The van der Waals surface area contributed by atoms with Gasteiger partial charge in [0.2, 0.25) is 0 Å². The quantitative estimate of drug-likeness (QED) is 0.257. The number of methoxy groups -OCH3 is 1. The van der Waals surface area contributed by atoms with Crippen LogP contribution in [0.4, 0.5) is 5.13 Å². The first-order valence-corrected chi connectivity index (χ1v) is 11.1. The minimum Gasteiger partial charge on any atom is -0.507 e. The van der Waals surface area contributed by atoms with Gasteiger partial charge in [-0.1, -0.05) is 23.5 Å². The average Bonchev–Trinajstić information content (AvgIpc) is 3.53. The summed E-state index contributed by atoms with van der Waals surface area (Å²) in [7, 11) is 1.57. The maximum absolute atomic E-state index is 13.2. The summed E-state index contributed by atoms with van der Waals surface area (Å²) in [6.45, 7) is 3.65. The van der Waals surface area contributed by atoms with E-state index < -0.39 is 17.7 Å². The van der Waals surface area contributed by atoms with Crippen molar-refractivity contribution in [3.63, 3.8) is 0 Å². The zero-order chi connectivity index (χ0) is 23.3. The highest BCUT2D eigenvalue weighted by atomic mass is 32.1. The fourth-order valence-corrected chi connectivity index (χ4v) is 5.11. The lowest BCUT2D eigenvalue weighted by Gasteiger charge is -2.21. The second kappa shape index (κ2) is 7.90. The Kier molecular flexibility index (Phi) is 5.02. The van der Waals surface area contributed by atoms with Gasteiger partial charge in [-0.2, -0.15) is 0 Å². The molecule has 2 aromatic heterocycles. The number of carbonyl (C=O) groups is 2. The Hall–Kier alpha value is -3.91. The number of anilines is 1. The van der Waals surface area contributed by atoms with Gasteiger partial charge in [-0.05, 0) is 61.4 Å². The van der Waals surface area contributed by atoms with Crippen LogP contribution in [0.15, 0.2) is 64.8 Å². The SMILES string of the molecule is COc1cc(C)c(/C(O)=C2\C(=O)C(=O)N(c3nc4ccccc4s3)C2c2ccco2)cc1C. The number of hydrogen-bond donors (Lipinski definition) is 1. The lowest BCUT2D eigenvalue weighted by atomic mass is 9.95. The Bertz CT molecular complexity index is 1400. The van der Waals surface area contributed by atoms with E-state index in [-0.39, 0.29) is 11.3 Å². The summed E-state index contributed by atoms with van der Waals surface area (Å²) in [5.74, 6) is -0.790. The number of ether oxygens (including phenoxy) is 1. The van der Waals surface area contributed by atoms with E-state index in [1.54, 1.807) is 31.4 Å². The van der Waals surface area contributed by atoms with E-state index in [0.717, 1.165) is 15.8 Å². The lowest BCUT2D eigenvalue weighted by molar-refractivity contribution is -0.132. The molecule has 166 valence electrons. The minimum atomic E-state index is -0.942. The van der Waals surface area contributed by atoms with E-state index in [1.807, 2.05) is 38.1 Å². The maximum atomic E-state index is 13.2. The molecule has 1 aliphatic heterocycles. The van der Waals surface area contributed by atoms with Crippen molar-refractivity contribution < 1.29 is 23.8 Å². The first-order chi connectivity index (χ1) is 15.9. The molecule has 33 heavy (non-hydrogen) atoms. The highest BCUT2D eigenvalue weighted by Gasteiger charge is 2.49. The second-order valence-corrected chi connectivity index (χ2v) is 8.79. The third-order valence-electron chi connectivity index (χ3n) is 5.74. The summed E-state index contributed by atoms with van der Waals surface area (Å²) >= 11 is 1.30. The van der Waals surface area contributed by atoms with Gasteiger partial charge in [0.05, 0.1) is 29.2 Å². The molecule has 4 aromatic rings. The van der Waals surface area contributed by atoms with E-state index in [0.29, 0.717) is 27.8 Å². The highest BCUT2D eigenvalue weighted by Crippen LogP contribution is 2.44. The van der Waals surface area contributed by atoms with Gasteiger partial charge in [-0.3, -0.25) is 14.5 Å². The molecular formula is C25H20N2O5S. The molecule has 1 amide bonds. The lowest BCUT2D eigenvalue weighted by Crippen LogP contribution is -2.29. The molecule has 3 heterocycles. The van der Waals surface area contributed by atoms with Crippen molar-refractivity contribution in [1.29, 1.82) is 0 Å². The zero-order valence-electron chi connectivity index (χ0n) is 18.2. The van der Waals surface area contributed by atoms with E-state index >= 15 is 0 Å². The van der Waals surface area contributed by atoms with Crippen molar-refractivity contribution in [2.75, 3.05) is 12.0 Å². The van der Waals surface area contributed by atoms with E-state index in [2.05, 4.69) is 4.98 Å². The Morgan fingerprint density at radius 1 is 1.12 bits per heavy atom. The molecule has 1 aliphatic rings. The van der Waals surface area contributed by atoms with Crippen LogP contribution in [-0.4, -0.2) is 28.9 Å². The smallest absolute Gasteiger partial charge is 0.302 e. The van der Waals surface area contributed by atoms with Crippen LogP contribution in [0.25, 0.3) is 16.0 Å². The van der Waals surface area contributed by atoms with Gasteiger partial charge < -0.3 is 14.3 Å². The fraction of sp³-hybridized carbons (Fsp3) is 0.160. The zero-order valence-corrected chi connectivity index (χ0v) is 19.0. The Labute approximate surface area is 193 Å². The van der Waals surface area contributed by atoms with Gasteiger partial charge >= 0.3 is 5.91 Å². The topological polar surface area (TPSA) is 92.9 Å². The third kappa shape index (κ3) is 3.30. The number of carbonyl (C=O) groups excluding carboxylic acids is 2. The molecule has 1 fully saturated rings. The fourth-order valence-electron chi connectivity index (χ4n) is 4.12. The van der Waals surface area contributed by atoms with Crippen molar-refractivity contribution in [2.24, 2.45) is 0 Å². The molecule has 0 saturated carbocycles. The highest BCUT2D eigenvalue weighted by molar-refractivity contribution is 7.22. The summed E-state index contributed by atoms with van der Waals surface area (Å²) in [5, 5.41) is 11.7. The van der Waals surface area contributed by atoms with Gasteiger partial charge in [-0.25, -0.2) is 4.98 Å². The van der Waals surface area contributed by atoms with Crippen LogP contribution in [0.2, 0.25) is 0 Å². The molecule has 0 aliphatic carbocycles. The number of rotatable bonds is 4. The number of aliphatic hydroxyl groups excluding tert-OH is 1. The molecular weight excluding hydrogens is 440 g/mol. The van der Waals surface area contributed by atoms with Crippen LogP contribution in [0.5, 0.6) is 5.75 Å².